The van der Waals surface area contributed by atoms with Crippen LogP contribution < -0.4 is 0 Å². The van der Waals surface area contributed by atoms with Gasteiger partial charge in [-0.15, -0.1) is 0 Å². The molecule has 3 aliphatic rings. The van der Waals surface area contributed by atoms with Crippen LogP contribution in [0.15, 0.2) is 12.1 Å². The van der Waals surface area contributed by atoms with Gasteiger partial charge in [-0.25, -0.2) is 5.06 Å². The van der Waals surface area contributed by atoms with Gasteiger partial charge in [-0.05, 0) is 69.1 Å². The second-order valence-electron chi connectivity index (χ2n) is 9.36. The van der Waals surface area contributed by atoms with Crippen molar-refractivity contribution in [1.29, 1.82) is 0 Å². The first-order valence-electron chi connectivity index (χ1n) is 11.4. The number of piperidine rings is 1. The van der Waals surface area contributed by atoms with E-state index in [0.717, 1.165) is 29.5 Å². The van der Waals surface area contributed by atoms with E-state index < -0.39 is 16.3 Å². The zero-order valence-corrected chi connectivity index (χ0v) is 20.2. The van der Waals surface area contributed by atoms with Gasteiger partial charge in [-0.2, -0.15) is 5.06 Å². The lowest BCUT2D eigenvalue weighted by Gasteiger charge is -2.41. The van der Waals surface area contributed by atoms with Crippen molar-refractivity contribution in [1.82, 2.24) is 10.1 Å². The number of nitrogens with zero attached hydrogens (tertiary/aromatic N) is 2. The van der Waals surface area contributed by atoms with E-state index in [1.807, 2.05) is 32.9 Å². The number of carbonyl (C=O) groups excluding carboxylic acids is 2. The highest BCUT2D eigenvalue weighted by atomic mass is 35.5. The largest absolute Gasteiger partial charge is 0.381 e. The average molecular weight is 465 g/mol. The summed E-state index contributed by atoms with van der Waals surface area (Å²) in [6, 6.07) is 3.94. The molecule has 32 heavy (non-hydrogen) atoms. The van der Waals surface area contributed by atoms with E-state index in [4.69, 9.17) is 26.0 Å². The molecule has 0 aromatic heterocycles. The van der Waals surface area contributed by atoms with Gasteiger partial charge in [0.15, 0.2) is 5.78 Å². The van der Waals surface area contributed by atoms with Gasteiger partial charge >= 0.3 is 0 Å². The van der Waals surface area contributed by atoms with Gasteiger partial charge in [0.1, 0.15) is 5.54 Å². The van der Waals surface area contributed by atoms with Crippen LogP contribution in [0, 0.1) is 26.7 Å². The smallest absolute Gasteiger partial charge is 0.280 e. The van der Waals surface area contributed by atoms with Crippen LogP contribution in [0.2, 0.25) is 0 Å². The molecule has 176 valence electrons. The fourth-order valence-corrected chi connectivity index (χ4v) is 6.08. The van der Waals surface area contributed by atoms with E-state index in [2.05, 4.69) is 0 Å². The van der Waals surface area contributed by atoms with Crippen molar-refractivity contribution in [3.63, 3.8) is 0 Å². The number of aryl methyl sites for hydroxylation is 3. The fraction of sp³-hybridized carbons (Fsp3) is 0.667. The highest BCUT2D eigenvalue weighted by molar-refractivity contribution is 6.49. The monoisotopic (exact) mass is 464 g/mol. The first-order chi connectivity index (χ1) is 15.2. The van der Waals surface area contributed by atoms with Crippen LogP contribution in [0.5, 0.6) is 0 Å². The lowest BCUT2D eigenvalue weighted by molar-refractivity contribution is -0.235. The molecule has 3 saturated heterocycles. The summed E-state index contributed by atoms with van der Waals surface area (Å²) in [5, 5.41) is 3.14. The normalized spacial score (nSPS) is 27.0. The maximum Gasteiger partial charge on any atom is 0.280 e. The summed E-state index contributed by atoms with van der Waals surface area (Å²) >= 11 is 7.08. The zero-order valence-electron chi connectivity index (χ0n) is 19.4. The second-order valence-corrected chi connectivity index (χ2v) is 9.92. The van der Waals surface area contributed by atoms with Crippen LogP contribution >= 0.6 is 11.6 Å². The summed E-state index contributed by atoms with van der Waals surface area (Å²) in [6.07, 6.45) is 2.58. The Morgan fingerprint density at radius 3 is 2.25 bits per heavy atom. The third kappa shape index (κ3) is 3.78. The Balaban J connectivity index is 1.72. The van der Waals surface area contributed by atoms with Crippen molar-refractivity contribution >= 4 is 23.3 Å². The van der Waals surface area contributed by atoms with Crippen molar-refractivity contribution < 1.29 is 24.0 Å². The molecule has 4 rings (SSSR count). The summed E-state index contributed by atoms with van der Waals surface area (Å²) in [5.41, 5.74) is 2.25. The van der Waals surface area contributed by atoms with E-state index in [9.17, 15) is 9.59 Å². The molecule has 3 heterocycles. The number of ether oxygens (including phenoxy) is 1. The minimum atomic E-state index is -1.78. The Bertz CT molecular complexity index is 869. The van der Waals surface area contributed by atoms with Crippen LogP contribution in [-0.4, -0.2) is 67.4 Å². The standard InChI is InChI=1S/C24H33ClN2O5/c1-16-13-17(2)20(18(3)14-16)24(25)21(28)23(7-9-26(30-4)10-8-23)27(22(24)29)32-15-19-5-11-31-12-6-19/h13-14,19H,5-12,15H2,1-4H3. The topological polar surface area (TPSA) is 68.3 Å². The molecule has 1 aromatic rings. The zero-order chi connectivity index (χ0) is 23.1. The Morgan fingerprint density at radius 1 is 1.09 bits per heavy atom. The molecule has 1 atom stereocenters. The maximum absolute atomic E-state index is 14.1. The third-order valence-corrected chi connectivity index (χ3v) is 7.74. The Kier molecular flexibility index (Phi) is 6.67. The number of amides is 1. The number of carbonyl (C=O) groups is 2. The Labute approximate surface area is 194 Å². The van der Waals surface area contributed by atoms with E-state index in [-0.39, 0.29) is 11.7 Å². The molecule has 0 radical (unpaired) electrons. The number of alkyl halides is 1. The number of halogens is 1. The van der Waals surface area contributed by atoms with Crippen molar-refractivity contribution in [3.8, 4) is 0 Å². The Morgan fingerprint density at radius 2 is 1.69 bits per heavy atom. The minimum Gasteiger partial charge on any atom is -0.381 e. The Hall–Kier alpha value is -1.51. The van der Waals surface area contributed by atoms with Crippen LogP contribution in [-0.2, 0) is 28.9 Å². The quantitative estimate of drug-likeness (QED) is 0.492. The second kappa shape index (κ2) is 9.03. The van der Waals surface area contributed by atoms with Crippen molar-refractivity contribution in [2.24, 2.45) is 5.92 Å². The van der Waals surface area contributed by atoms with Gasteiger partial charge in [-0.3, -0.25) is 14.4 Å². The molecule has 1 aromatic carbocycles. The molecule has 7 nitrogen and oxygen atoms in total. The molecule has 1 amide bonds. The highest BCUT2D eigenvalue weighted by Gasteiger charge is 2.69. The average Bonchev–Trinajstić information content (AvgIpc) is 2.92. The van der Waals surface area contributed by atoms with Gasteiger partial charge in [0.05, 0.1) is 13.7 Å². The van der Waals surface area contributed by atoms with E-state index >= 15 is 0 Å². The molecule has 3 aliphatic heterocycles. The number of hydrogen-bond acceptors (Lipinski definition) is 6. The number of rotatable bonds is 5. The predicted octanol–water partition coefficient (Wildman–Crippen LogP) is 3.21. The van der Waals surface area contributed by atoms with Gasteiger partial charge in [0.2, 0.25) is 4.87 Å². The van der Waals surface area contributed by atoms with Crippen molar-refractivity contribution in [2.45, 2.75) is 56.9 Å². The number of benzene rings is 1. The summed E-state index contributed by atoms with van der Waals surface area (Å²) in [5.74, 6) is -0.470. The van der Waals surface area contributed by atoms with E-state index in [0.29, 0.717) is 51.3 Å². The first kappa shape index (κ1) is 23.6. The van der Waals surface area contributed by atoms with Gasteiger partial charge in [-0.1, -0.05) is 29.3 Å². The molecule has 0 aliphatic carbocycles. The summed E-state index contributed by atoms with van der Waals surface area (Å²) in [6.45, 7) is 8.60. The SMILES string of the molecule is CON1CCC2(CC1)C(=O)C(Cl)(c1c(C)cc(C)cc1C)C(=O)N2OCC1CCOCC1. The molecule has 0 N–H and O–H groups in total. The molecule has 3 fully saturated rings. The van der Waals surface area contributed by atoms with Gasteiger partial charge in [0.25, 0.3) is 5.91 Å². The summed E-state index contributed by atoms with van der Waals surface area (Å²) in [7, 11) is 1.61. The van der Waals surface area contributed by atoms with Crippen molar-refractivity contribution in [3.05, 3.63) is 34.4 Å². The fourth-order valence-electron chi connectivity index (χ4n) is 5.53. The lowest BCUT2D eigenvalue weighted by Crippen LogP contribution is -2.56. The minimum absolute atomic E-state index is 0.283. The molecular formula is C24H33ClN2O5. The van der Waals surface area contributed by atoms with Gasteiger partial charge < -0.3 is 9.57 Å². The van der Waals surface area contributed by atoms with Crippen LogP contribution in [0.25, 0.3) is 0 Å². The number of hydroxylamine groups is 4. The molecule has 1 unspecified atom stereocenters. The summed E-state index contributed by atoms with van der Waals surface area (Å²) < 4.78 is 5.44. The predicted molar refractivity (Wildman–Crippen MR) is 120 cm³/mol. The molecule has 0 bridgehead atoms. The lowest BCUT2D eigenvalue weighted by atomic mass is 9.78. The maximum atomic E-state index is 14.1. The number of Topliss-reactive ketones (excluding diaryl/α,β-unsaturated/α-hetero) is 1. The molecule has 1 spiro atoms. The van der Waals surface area contributed by atoms with E-state index in [1.54, 1.807) is 12.2 Å². The van der Waals surface area contributed by atoms with Crippen LogP contribution in [0.3, 0.4) is 0 Å². The number of ketones is 1. The van der Waals surface area contributed by atoms with Crippen LogP contribution in [0.4, 0.5) is 0 Å². The molecule has 0 saturated carbocycles. The van der Waals surface area contributed by atoms with Crippen LogP contribution in [0.1, 0.15) is 47.9 Å². The third-order valence-electron chi connectivity index (χ3n) is 7.21. The first-order valence-corrected chi connectivity index (χ1v) is 11.8. The molecular weight excluding hydrogens is 432 g/mol. The highest BCUT2D eigenvalue weighted by Crippen LogP contribution is 2.51. The van der Waals surface area contributed by atoms with Gasteiger partial charge in [0, 0.05) is 26.3 Å². The van der Waals surface area contributed by atoms with Crippen molar-refractivity contribution in [2.75, 3.05) is 40.0 Å². The van der Waals surface area contributed by atoms with E-state index in [1.165, 1.54) is 5.06 Å². The summed E-state index contributed by atoms with van der Waals surface area (Å²) in [4.78, 5) is 37.8. The number of hydrogen-bond donors (Lipinski definition) is 0. The molecule has 8 heteroatoms.